The smallest absolute Gasteiger partial charge is 0.157 e. The molecular weight excluding hydrogens is 671 g/mol. The van der Waals surface area contributed by atoms with Crippen molar-refractivity contribution in [1.82, 2.24) is 0 Å². The molecule has 10 aromatic rings. The summed E-state index contributed by atoms with van der Waals surface area (Å²) in [5.74, 6) is 0.972. The summed E-state index contributed by atoms with van der Waals surface area (Å²) < 4.78 is 6.29. The minimum atomic E-state index is 0.395. The molecule has 0 aliphatic rings. The first kappa shape index (κ1) is 32.4. The third-order valence-corrected chi connectivity index (χ3v) is 10.5. The van der Waals surface area contributed by atoms with E-state index in [4.69, 9.17) is 20.1 Å². The van der Waals surface area contributed by atoms with Gasteiger partial charge in [0.1, 0.15) is 17.0 Å². The van der Waals surface area contributed by atoms with Crippen molar-refractivity contribution in [2.45, 2.75) is 6.54 Å². The monoisotopic (exact) mass is 705 g/mol. The van der Waals surface area contributed by atoms with Crippen LogP contribution in [0.5, 0.6) is 0 Å². The average Bonchev–Trinajstić information content (AvgIpc) is 3.63. The van der Waals surface area contributed by atoms with E-state index in [1.54, 1.807) is 0 Å². The van der Waals surface area contributed by atoms with Crippen molar-refractivity contribution >= 4 is 65.9 Å². The van der Waals surface area contributed by atoms with Crippen molar-refractivity contribution < 1.29 is 4.42 Å². The van der Waals surface area contributed by atoms with Crippen LogP contribution in [-0.4, -0.2) is 11.7 Å². The summed E-state index contributed by atoms with van der Waals surface area (Å²) >= 11 is 0. The van der Waals surface area contributed by atoms with E-state index in [2.05, 4.69) is 170 Å². The van der Waals surface area contributed by atoms with Gasteiger partial charge >= 0.3 is 0 Å². The van der Waals surface area contributed by atoms with Crippen LogP contribution >= 0.6 is 0 Å². The number of amidine groups is 2. The van der Waals surface area contributed by atoms with E-state index in [0.29, 0.717) is 18.2 Å². The molecule has 0 fully saturated rings. The van der Waals surface area contributed by atoms with E-state index in [0.717, 1.165) is 66.1 Å². The zero-order chi connectivity index (χ0) is 36.7. The molecule has 0 bridgehead atoms. The standard InChI is InChI=1S/C51H35N3O/c52-50(40-30-39-14-4-6-17-43(39)46(31-40)44-20-10-22-48-49(44)45-18-7-8-21-47(45)55-48)54-51(53-32-33-23-24-34-11-1-2-13-38(34)29-33)37-27-25-36(26-28-37)42-19-9-15-35-12-3-5-16-41(35)42/h1-31H,32H2,(H2,52,53,54). The maximum atomic E-state index is 7.03. The SMILES string of the molecule is N/C(=N\C(=N/Cc1ccc2ccccc2c1)c1ccc(-c2cccc3ccccc23)cc1)c1cc(-c2cccc3oc4ccccc4c23)c2ccccc2c1. The minimum absolute atomic E-state index is 0.395. The maximum absolute atomic E-state index is 7.03. The van der Waals surface area contributed by atoms with Crippen molar-refractivity contribution in [3.63, 3.8) is 0 Å². The van der Waals surface area contributed by atoms with Crippen LogP contribution in [0.2, 0.25) is 0 Å². The number of fused-ring (bicyclic) bond motifs is 6. The largest absolute Gasteiger partial charge is 0.456 e. The molecule has 0 amide bonds. The van der Waals surface area contributed by atoms with Crippen molar-refractivity contribution in [2.75, 3.05) is 0 Å². The number of hydrogen-bond acceptors (Lipinski definition) is 2. The van der Waals surface area contributed by atoms with E-state index in [9.17, 15) is 0 Å². The second-order valence-corrected chi connectivity index (χ2v) is 13.9. The van der Waals surface area contributed by atoms with Gasteiger partial charge in [-0.2, -0.15) is 0 Å². The number of benzene rings is 9. The van der Waals surface area contributed by atoms with Gasteiger partial charge in [0.15, 0.2) is 5.84 Å². The summed E-state index contributed by atoms with van der Waals surface area (Å²) in [6, 6.07) is 65.5. The molecule has 0 aliphatic heterocycles. The minimum Gasteiger partial charge on any atom is -0.456 e. The molecule has 9 aromatic carbocycles. The Labute approximate surface area is 318 Å². The summed E-state index contributed by atoms with van der Waals surface area (Å²) in [6.45, 7) is 0.459. The average molecular weight is 706 g/mol. The van der Waals surface area contributed by atoms with E-state index in [1.807, 2.05) is 18.2 Å². The van der Waals surface area contributed by atoms with E-state index in [1.165, 1.54) is 27.1 Å². The van der Waals surface area contributed by atoms with Gasteiger partial charge in [-0.1, -0.05) is 158 Å². The third-order valence-electron chi connectivity index (χ3n) is 10.5. The molecule has 260 valence electrons. The van der Waals surface area contributed by atoms with Gasteiger partial charge in [0.25, 0.3) is 0 Å². The van der Waals surface area contributed by atoms with Gasteiger partial charge in [-0.15, -0.1) is 0 Å². The second-order valence-electron chi connectivity index (χ2n) is 13.9. The fourth-order valence-corrected chi connectivity index (χ4v) is 7.83. The molecule has 0 spiro atoms. The molecule has 0 aliphatic carbocycles. The summed E-state index contributed by atoms with van der Waals surface area (Å²) in [5, 5.41) is 9.19. The Bertz CT molecular complexity index is 3130. The van der Waals surface area contributed by atoms with E-state index in [-0.39, 0.29) is 0 Å². The summed E-state index contributed by atoms with van der Waals surface area (Å²) in [6.07, 6.45) is 0. The predicted molar refractivity (Wildman–Crippen MR) is 231 cm³/mol. The molecule has 0 saturated carbocycles. The summed E-state index contributed by atoms with van der Waals surface area (Å²) in [7, 11) is 0. The highest BCUT2D eigenvalue weighted by Gasteiger charge is 2.16. The van der Waals surface area contributed by atoms with Crippen LogP contribution < -0.4 is 5.73 Å². The van der Waals surface area contributed by atoms with Crippen molar-refractivity contribution in [1.29, 1.82) is 0 Å². The number of furan rings is 1. The summed E-state index contributed by atoms with van der Waals surface area (Å²) in [5.41, 5.74) is 16.0. The Hall–Kier alpha value is -7.30. The molecule has 2 N–H and O–H groups in total. The van der Waals surface area contributed by atoms with Crippen LogP contribution in [0.1, 0.15) is 16.7 Å². The Morgan fingerprint density at radius 3 is 1.93 bits per heavy atom. The molecule has 0 atom stereocenters. The first-order valence-corrected chi connectivity index (χ1v) is 18.5. The van der Waals surface area contributed by atoms with Gasteiger partial charge in [0.2, 0.25) is 0 Å². The van der Waals surface area contributed by atoms with Crippen molar-refractivity contribution in [3.05, 3.63) is 205 Å². The number of rotatable bonds is 6. The van der Waals surface area contributed by atoms with Gasteiger partial charge in [-0.3, -0.25) is 4.99 Å². The lowest BCUT2D eigenvalue weighted by Gasteiger charge is -2.13. The first-order chi connectivity index (χ1) is 27.2. The molecule has 0 saturated heterocycles. The van der Waals surface area contributed by atoms with Crippen molar-refractivity contribution in [2.24, 2.45) is 15.7 Å². The van der Waals surface area contributed by atoms with Gasteiger partial charge in [0, 0.05) is 21.9 Å². The lowest BCUT2D eigenvalue weighted by atomic mass is 9.92. The number of nitrogens with two attached hydrogens (primary N) is 1. The van der Waals surface area contributed by atoms with Crippen LogP contribution in [0.4, 0.5) is 0 Å². The van der Waals surface area contributed by atoms with Crippen molar-refractivity contribution in [3.8, 4) is 22.3 Å². The maximum Gasteiger partial charge on any atom is 0.157 e. The lowest BCUT2D eigenvalue weighted by Crippen LogP contribution is -2.17. The highest BCUT2D eigenvalue weighted by molar-refractivity contribution is 6.18. The zero-order valence-corrected chi connectivity index (χ0v) is 30.0. The van der Waals surface area contributed by atoms with E-state index < -0.39 is 0 Å². The van der Waals surface area contributed by atoms with Gasteiger partial charge < -0.3 is 10.2 Å². The number of para-hydroxylation sites is 1. The topological polar surface area (TPSA) is 63.9 Å². The van der Waals surface area contributed by atoms with Gasteiger partial charge in [-0.05, 0) is 90.5 Å². The number of nitrogens with zero attached hydrogens (tertiary/aromatic N) is 2. The highest BCUT2D eigenvalue weighted by Crippen LogP contribution is 2.40. The zero-order valence-electron chi connectivity index (χ0n) is 30.0. The van der Waals surface area contributed by atoms with Crippen LogP contribution in [0.3, 0.4) is 0 Å². The first-order valence-electron chi connectivity index (χ1n) is 18.5. The quantitative estimate of drug-likeness (QED) is 0.138. The molecule has 4 nitrogen and oxygen atoms in total. The molecule has 10 rings (SSSR count). The molecule has 0 radical (unpaired) electrons. The molecular formula is C51H35N3O. The molecule has 4 heteroatoms. The Morgan fingerprint density at radius 2 is 1.09 bits per heavy atom. The Kier molecular flexibility index (Phi) is 8.00. The van der Waals surface area contributed by atoms with Gasteiger partial charge in [0.05, 0.1) is 6.54 Å². The van der Waals surface area contributed by atoms with Crippen LogP contribution in [0, 0.1) is 0 Å². The molecule has 0 unspecified atom stereocenters. The highest BCUT2D eigenvalue weighted by atomic mass is 16.3. The fourth-order valence-electron chi connectivity index (χ4n) is 7.83. The normalized spacial score (nSPS) is 12.4. The van der Waals surface area contributed by atoms with Crippen LogP contribution in [0.25, 0.3) is 76.5 Å². The Balaban J connectivity index is 1.10. The number of hydrogen-bond donors (Lipinski definition) is 1. The second kappa shape index (κ2) is 13.6. The van der Waals surface area contributed by atoms with E-state index >= 15 is 0 Å². The summed E-state index contributed by atoms with van der Waals surface area (Å²) in [4.78, 5) is 10.3. The molecule has 1 heterocycles. The molecule has 1 aromatic heterocycles. The predicted octanol–water partition coefficient (Wildman–Crippen LogP) is 12.7. The molecule has 55 heavy (non-hydrogen) atoms. The van der Waals surface area contributed by atoms with Crippen LogP contribution in [0.15, 0.2) is 202 Å². The van der Waals surface area contributed by atoms with Crippen LogP contribution in [-0.2, 0) is 6.54 Å². The lowest BCUT2D eigenvalue weighted by molar-refractivity contribution is 0.669. The number of aliphatic imine (C=N–C) groups is 2. The Morgan fingerprint density at radius 1 is 0.455 bits per heavy atom. The fraction of sp³-hybridized carbons (Fsp3) is 0.0196. The third kappa shape index (κ3) is 6.00. The van der Waals surface area contributed by atoms with Gasteiger partial charge in [-0.25, -0.2) is 4.99 Å².